The maximum absolute atomic E-state index is 11.3. The van der Waals surface area contributed by atoms with Gasteiger partial charge in [0, 0.05) is 0 Å². The average Bonchev–Trinajstić information content (AvgIpc) is 2.82. The van der Waals surface area contributed by atoms with Crippen LogP contribution in [0.4, 0.5) is 0 Å². The van der Waals surface area contributed by atoms with E-state index in [1.807, 2.05) is 0 Å². The van der Waals surface area contributed by atoms with Gasteiger partial charge in [-0.2, -0.15) is 0 Å². The molecular weight excluding hydrogens is 190 g/mol. The molecular formula is C8H11NO3S. The van der Waals surface area contributed by atoms with Crippen molar-refractivity contribution in [1.82, 2.24) is 4.72 Å². The van der Waals surface area contributed by atoms with E-state index >= 15 is 0 Å². The molecule has 0 atom stereocenters. The molecule has 0 bridgehead atoms. The van der Waals surface area contributed by atoms with Gasteiger partial charge >= 0.3 is 0 Å². The van der Waals surface area contributed by atoms with Gasteiger partial charge in [0.2, 0.25) is 10.0 Å². The molecule has 1 aliphatic rings. The number of furan rings is 1. The summed E-state index contributed by atoms with van der Waals surface area (Å²) in [6, 6.07) is 3.48. The van der Waals surface area contributed by atoms with E-state index in [-0.39, 0.29) is 11.8 Å². The van der Waals surface area contributed by atoms with Gasteiger partial charge in [-0.3, -0.25) is 0 Å². The zero-order valence-corrected chi connectivity index (χ0v) is 7.88. The smallest absolute Gasteiger partial charge is 0.214 e. The van der Waals surface area contributed by atoms with Crippen LogP contribution in [0.25, 0.3) is 0 Å². The molecule has 1 aliphatic carbocycles. The van der Waals surface area contributed by atoms with E-state index in [0.717, 1.165) is 12.8 Å². The number of hydrogen-bond acceptors (Lipinski definition) is 3. The lowest BCUT2D eigenvalue weighted by atomic mass is 10.5. The second-order valence-corrected chi connectivity index (χ2v) is 5.19. The minimum Gasteiger partial charge on any atom is -0.468 e. The van der Waals surface area contributed by atoms with E-state index in [0.29, 0.717) is 5.76 Å². The fraction of sp³-hybridized carbons (Fsp3) is 0.500. The van der Waals surface area contributed by atoms with Crippen LogP contribution < -0.4 is 4.72 Å². The lowest BCUT2D eigenvalue weighted by molar-refractivity contribution is 0.498. The SMILES string of the molecule is O=S(=O)(NCc1ccco1)C1CC1. The van der Waals surface area contributed by atoms with Crippen LogP contribution in [0.3, 0.4) is 0 Å². The predicted octanol–water partition coefficient (Wildman–Crippen LogP) is 0.861. The van der Waals surface area contributed by atoms with Crippen molar-refractivity contribution in [1.29, 1.82) is 0 Å². The number of hydrogen-bond donors (Lipinski definition) is 1. The molecule has 13 heavy (non-hydrogen) atoms. The fourth-order valence-electron chi connectivity index (χ4n) is 1.08. The Morgan fingerprint density at radius 1 is 1.54 bits per heavy atom. The first-order chi connectivity index (χ1) is 6.18. The molecule has 0 amide bonds. The van der Waals surface area contributed by atoms with Crippen molar-refractivity contribution in [2.45, 2.75) is 24.6 Å². The van der Waals surface area contributed by atoms with E-state index in [2.05, 4.69) is 4.72 Å². The summed E-state index contributed by atoms with van der Waals surface area (Å²) in [6.07, 6.45) is 3.10. The molecule has 0 aliphatic heterocycles. The van der Waals surface area contributed by atoms with E-state index in [9.17, 15) is 8.42 Å². The first-order valence-corrected chi connectivity index (χ1v) is 5.74. The highest BCUT2D eigenvalue weighted by Gasteiger charge is 2.35. The minimum atomic E-state index is -3.07. The van der Waals surface area contributed by atoms with Crippen molar-refractivity contribution >= 4 is 10.0 Å². The Labute approximate surface area is 77.0 Å². The zero-order chi connectivity index (χ0) is 9.31. The second kappa shape index (κ2) is 3.16. The van der Waals surface area contributed by atoms with Crippen molar-refractivity contribution in [3.63, 3.8) is 0 Å². The van der Waals surface area contributed by atoms with Crippen molar-refractivity contribution < 1.29 is 12.8 Å². The van der Waals surface area contributed by atoms with Gasteiger partial charge in [-0.1, -0.05) is 0 Å². The Balaban J connectivity index is 1.92. The number of nitrogens with one attached hydrogen (secondary N) is 1. The molecule has 1 fully saturated rings. The van der Waals surface area contributed by atoms with E-state index in [1.165, 1.54) is 6.26 Å². The summed E-state index contributed by atoms with van der Waals surface area (Å²) < 4.78 is 30.2. The summed E-state index contributed by atoms with van der Waals surface area (Å²) in [5.41, 5.74) is 0. The highest BCUT2D eigenvalue weighted by molar-refractivity contribution is 7.90. The molecule has 0 spiro atoms. The Morgan fingerprint density at radius 3 is 2.85 bits per heavy atom. The molecule has 1 aromatic rings. The second-order valence-electron chi connectivity index (χ2n) is 3.14. The molecule has 2 rings (SSSR count). The molecule has 0 radical (unpaired) electrons. The Morgan fingerprint density at radius 2 is 2.31 bits per heavy atom. The minimum absolute atomic E-state index is 0.164. The molecule has 5 heteroatoms. The van der Waals surface area contributed by atoms with Gasteiger partial charge in [-0.25, -0.2) is 13.1 Å². The van der Waals surface area contributed by atoms with Crippen molar-refractivity contribution in [3.8, 4) is 0 Å². The summed E-state index contributed by atoms with van der Waals surface area (Å²) in [5, 5.41) is -0.164. The predicted molar refractivity (Wildman–Crippen MR) is 47.5 cm³/mol. The van der Waals surface area contributed by atoms with Crippen LogP contribution >= 0.6 is 0 Å². The Kier molecular flexibility index (Phi) is 2.13. The zero-order valence-electron chi connectivity index (χ0n) is 7.06. The third-order valence-corrected chi connectivity index (χ3v) is 3.89. The largest absolute Gasteiger partial charge is 0.468 e. The third-order valence-electron chi connectivity index (χ3n) is 1.99. The highest BCUT2D eigenvalue weighted by atomic mass is 32.2. The van der Waals surface area contributed by atoms with Crippen molar-refractivity contribution in [2.24, 2.45) is 0 Å². The first-order valence-electron chi connectivity index (χ1n) is 4.19. The molecule has 0 aromatic carbocycles. The summed E-state index contributed by atoms with van der Waals surface area (Å²) in [7, 11) is -3.07. The molecule has 1 N–H and O–H groups in total. The summed E-state index contributed by atoms with van der Waals surface area (Å²) in [6.45, 7) is 0.256. The highest BCUT2D eigenvalue weighted by Crippen LogP contribution is 2.27. The van der Waals surface area contributed by atoms with Crippen LogP contribution in [0.5, 0.6) is 0 Å². The Hall–Kier alpha value is -0.810. The summed E-state index contributed by atoms with van der Waals surface area (Å²) in [4.78, 5) is 0. The van der Waals surface area contributed by atoms with Gasteiger partial charge in [-0.05, 0) is 25.0 Å². The molecule has 1 saturated carbocycles. The number of sulfonamides is 1. The fourth-order valence-corrected chi connectivity index (χ4v) is 2.42. The lowest BCUT2D eigenvalue weighted by Crippen LogP contribution is -2.26. The van der Waals surface area contributed by atoms with Gasteiger partial charge in [0.15, 0.2) is 0 Å². The number of rotatable bonds is 4. The Bertz CT molecular complexity index is 364. The molecule has 0 saturated heterocycles. The van der Waals surface area contributed by atoms with Crippen LogP contribution in [0.1, 0.15) is 18.6 Å². The lowest BCUT2D eigenvalue weighted by Gasteiger charge is -2.01. The van der Waals surface area contributed by atoms with Crippen LogP contribution in [-0.2, 0) is 16.6 Å². The quantitative estimate of drug-likeness (QED) is 0.786. The molecule has 1 heterocycles. The van der Waals surface area contributed by atoms with Gasteiger partial charge in [0.1, 0.15) is 5.76 Å². The maximum Gasteiger partial charge on any atom is 0.214 e. The van der Waals surface area contributed by atoms with Crippen LogP contribution in [-0.4, -0.2) is 13.7 Å². The summed E-state index contributed by atoms with van der Waals surface area (Å²) >= 11 is 0. The van der Waals surface area contributed by atoms with Crippen LogP contribution in [0.2, 0.25) is 0 Å². The molecule has 0 unspecified atom stereocenters. The standard InChI is InChI=1S/C8H11NO3S/c10-13(11,8-3-4-8)9-6-7-2-1-5-12-7/h1-2,5,8-9H,3-4,6H2. The normalized spacial score (nSPS) is 17.5. The van der Waals surface area contributed by atoms with Gasteiger partial charge in [0.05, 0.1) is 18.1 Å². The average molecular weight is 201 g/mol. The third kappa shape index (κ3) is 2.10. The molecule has 72 valence electrons. The maximum atomic E-state index is 11.3. The van der Waals surface area contributed by atoms with Crippen LogP contribution in [0, 0.1) is 0 Å². The van der Waals surface area contributed by atoms with Crippen molar-refractivity contribution in [2.75, 3.05) is 0 Å². The van der Waals surface area contributed by atoms with Gasteiger partial charge in [-0.15, -0.1) is 0 Å². The monoisotopic (exact) mass is 201 g/mol. The molecule has 4 nitrogen and oxygen atoms in total. The van der Waals surface area contributed by atoms with Gasteiger partial charge < -0.3 is 4.42 Å². The van der Waals surface area contributed by atoms with E-state index in [4.69, 9.17) is 4.42 Å². The van der Waals surface area contributed by atoms with Gasteiger partial charge in [0.25, 0.3) is 0 Å². The van der Waals surface area contributed by atoms with E-state index in [1.54, 1.807) is 12.1 Å². The summed E-state index contributed by atoms with van der Waals surface area (Å²) in [5.74, 6) is 0.643. The van der Waals surface area contributed by atoms with Crippen molar-refractivity contribution in [3.05, 3.63) is 24.2 Å². The topological polar surface area (TPSA) is 59.3 Å². The molecule has 1 aromatic heterocycles. The first kappa shape index (κ1) is 8.77. The van der Waals surface area contributed by atoms with Crippen LogP contribution in [0.15, 0.2) is 22.8 Å². The van der Waals surface area contributed by atoms with E-state index < -0.39 is 10.0 Å².